The van der Waals surface area contributed by atoms with Gasteiger partial charge in [-0.05, 0) is 38.5 Å². The minimum Gasteiger partial charge on any atom is -0.444 e. The van der Waals surface area contributed by atoms with Crippen LogP contribution >= 0.6 is 0 Å². The molecular formula is C13H18N2O4. The number of hydrogen-bond donors (Lipinski definition) is 2. The summed E-state index contributed by atoms with van der Waals surface area (Å²) in [7, 11) is 0. The maximum Gasteiger partial charge on any atom is 0.409 e. The normalized spacial score (nSPS) is 10.7. The third-order valence-electron chi connectivity index (χ3n) is 1.98. The first kappa shape index (κ1) is 14.8. The molecule has 0 aliphatic carbocycles. The van der Waals surface area contributed by atoms with E-state index in [-0.39, 0.29) is 0 Å². The Morgan fingerprint density at radius 3 is 2.26 bits per heavy atom. The number of primary amides is 1. The average Bonchev–Trinajstić information content (AvgIpc) is 2.25. The van der Waals surface area contributed by atoms with Crippen molar-refractivity contribution < 1.29 is 19.1 Å². The van der Waals surface area contributed by atoms with E-state index in [9.17, 15) is 9.59 Å². The summed E-state index contributed by atoms with van der Waals surface area (Å²) in [6.45, 7) is 5.71. The molecule has 0 saturated heterocycles. The summed E-state index contributed by atoms with van der Waals surface area (Å²) in [6.07, 6.45) is -1.34. The molecule has 0 heterocycles. The van der Waals surface area contributed by atoms with Crippen molar-refractivity contribution in [2.45, 2.75) is 32.9 Å². The largest absolute Gasteiger partial charge is 0.444 e. The Morgan fingerprint density at radius 1 is 1.21 bits per heavy atom. The lowest BCUT2D eigenvalue weighted by molar-refractivity contribution is 0.0523. The molecule has 0 atom stereocenters. The van der Waals surface area contributed by atoms with E-state index in [0.717, 1.165) is 5.56 Å². The Balaban J connectivity index is 2.46. The highest BCUT2D eigenvalue weighted by Gasteiger charge is 2.15. The molecule has 19 heavy (non-hydrogen) atoms. The van der Waals surface area contributed by atoms with Crippen LogP contribution in [0.2, 0.25) is 0 Å². The average molecular weight is 266 g/mol. The molecule has 3 N–H and O–H groups in total. The van der Waals surface area contributed by atoms with Gasteiger partial charge in [0, 0.05) is 6.54 Å². The van der Waals surface area contributed by atoms with Gasteiger partial charge in [-0.15, -0.1) is 0 Å². The van der Waals surface area contributed by atoms with Crippen LogP contribution in [-0.2, 0) is 11.3 Å². The molecule has 0 aliphatic rings. The molecule has 0 saturated carbocycles. The van der Waals surface area contributed by atoms with Crippen LogP contribution in [0.1, 0.15) is 26.3 Å². The number of carbonyl (C=O) groups excluding carboxylic acids is 2. The number of nitrogens with two attached hydrogens (primary N) is 1. The van der Waals surface area contributed by atoms with Crippen LogP contribution in [0.5, 0.6) is 5.75 Å². The van der Waals surface area contributed by atoms with E-state index >= 15 is 0 Å². The second-order valence-corrected chi connectivity index (χ2v) is 4.92. The van der Waals surface area contributed by atoms with E-state index in [1.807, 2.05) is 0 Å². The van der Waals surface area contributed by atoms with Crippen molar-refractivity contribution in [3.05, 3.63) is 29.8 Å². The van der Waals surface area contributed by atoms with Gasteiger partial charge in [-0.2, -0.15) is 0 Å². The van der Waals surface area contributed by atoms with Gasteiger partial charge in [-0.3, -0.25) is 0 Å². The lowest BCUT2D eigenvalue weighted by atomic mass is 10.2. The standard InChI is InChI=1S/C13H18N2O4/c1-13(2,3)19-12(17)15-8-9-4-6-10(7-5-9)18-11(14)16/h4-7H,8H2,1-3H3,(H2,14,16)(H,15,17). The predicted octanol–water partition coefficient (Wildman–Crippen LogP) is 2.17. The summed E-state index contributed by atoms with van der Waals surface area (Å²) in [4.78, 5) is 22.0. The maximum atomic E-state index is 11.4. The molecule has 0 radical (unpaired) electrons. The zero-order chi connectivity index (χ0) is 14.5. The van der Waals surface area contributed by atoms with Crippen LogP contribution in [0.3, 0.4) is 0 Å². The highest BCUT2D eigenvalue weighted by atomic mass is 16.6. The van der Waals surface area contributed by atoms with Gasteiger partial charge in [0.15, 0.2) is 0 Å². The SMILES string of the molecule is CC(C)(C)OC(=O)NCc1ccc(OC(N)=O)cc1. The Labute approximate surface area is 111 Å². The van der Waals surface area contributed by atoms with Crippen molar-refractivity contribution in [3.63, 3.8) is 0 Å². The zero-order valence-electron chi connectivity index (χ0n) is 11.2. The molecule has 6 nitrogen and oxygen atoms in total. The number of rotatable bonds is 3. The molecule has 0 bridgehead atoms. The molecule has 0 fully saturated rings. The van der Waals surface area contributed by atoms with E-state index < -0.39 is 17.8 Å². The molecule has 1 rings (SSSR count). The molecule has 0 aromatic heterocycles. The molecule has 1 aromatic carbocycles. The molecule has 0 unspecified atom stereocenters. The van der Waals surface area contributed by atoms with Crippen molar-refractivity contribution in [2.24, 2.45) is 5.73 Å². The fourth-order valence-corrected chi connectivity index (χ4v) is 1.28. The van der Waals surface area contributed by atoms with Crippen molar-refractivity contribution >= 4 is 12.2 Å². The van der Waals surface area contributed by atoms with E-state index in [1.165, 1.54) is 0 Å². The number of alkyl carbamates (subject to hydrolysis) is 1. The molecule has 0 spiro atoms. The topological polar surface area (TPSA) is 90.7 Å². The van der Waals surface area contributed by atoms with Crippen LogP contribution in [0, 0.1) is 0 Å². The van der Waals surface area contributed by atoms with E-state index in [1.54, 1.807) is 45.0 Å². The van der Waals surface area contributed by atoms with Crippen LogP contribution < -0.4 is 15.8 Å². The third-order valence-corrected chi connectivity index (χ3v) is 1.98. The third kappa shape index (κ3) is 6.30. The Hall–Kier alpha value is -2.24. The highest BCUT2D eigenvalue weighted by Crippen LogP contribution is 2.12. The van der Waals surface area contributed by atoms with Gasteiger partial charge in [0.05, 0.1) is 0 Å². The summed E-state index contributed by atoms with van der Waals surface area (Å²) in [5.41, 5.74) is 5.21. The Kier molecular flexibility index (Phi) is 4.74. The molecule has 1 aromatic rings. The second kappa shape index (κ2) is 6.08. The monoisotopic (exact) mass is 266 g/mol. The maximum absolute atomic E-state index is 11.4. The summed E-state index contributed by atoms with van der Waals surface area (Å²) >= 11 is 0. The number of nitrogens with one attached hydrogen (secondary N) is 1. The van der Waals surface area contributed by atoms with Crippen LogP contribution in [0.25, 0.3) is 0 Å². The predicted molar refractivity (Wildman–Crippen MR) is 69.7 cm³/mol. The van der Waals surface area contributed by atoms with Gasteiger partial charge in [0.1, 0.15) is 11.4 Å². The minimum atomic E-state index is -0.861. The van der Waals surface area contributed by atoms with Gasteiger partial charge in [-0.25, -0.2) is 9.59 Å². The van der Waals surface area contributed by atoms with E-state index in [4.69, 9.17) is 10.5 Å². The number of ether oxygens (including phenoxy) is 2. The molecule has 6 heteroatoms. The van der Waals surface area contributed by atoms with Crippen LogP contribution in [-0.4, -0.2) is 17.8 Å². The summed E-state index contributed by atoms with van der Waals surface area (Å²) in [5.74, 6) is 0.355. The van der Waals surface area contributed by atoms with Crippen LogP contribution in [0.15, 0.2) is 24.3 Å². The fourth-order valence-electron chi connectivity index (χ4n) is 1.28. The first-order chi connectivity index (χ1) is 8.76. The van der Waals surface area contributed by atoms with Crippen molar-refractivity contribution in [1.29, 1.82) is 0 Å². The summed E-state index contributed by atoms with van der Waals surface area (Å²) in [6, 6.07) is 6.62. The highest BCUT2D eigenvalue weighted by molar-refractivity contribution is 5.68. The number of benzene rings is 1. The number of amides is 2. The first-order valence-corrected chi connectivity index (χ1v) is 5.79. The lowest BCUT2D eigenvalue weighted by Gasteiger charge is -2.19. The Morgan fingerprint density at radius 2 is 1.79 bits per heavy atom. The quantitative estimate of drug-likeness (QED) is 0.877. The summed E-state index contributed by atoms with van der Waals surface area (Å²) < 4.78 is 9.79. The Bertz CT molecular complexity index is 449. The summed E-state index contributed by atoms with van der Waals surface area (Å²) in [5, 5.41) is 2.62. The second-order valence-electron chi connectivity index (χ2n) is 4.92. The van der Waals surface area contributed by atoms with Crippen molar-refractivity contribution in [1.82, 2.24) is 5.32 Å². The van der Waals surface area contributed by atoms with Gasteiger partial charge in [0.25, 0.3) is 0 Å². The van der Waals surface area contributed by atoms with Gasteiger partial charge in [-0.1, -0.05) is 12.1 Å². The van der Waals surface area contributed by atoms with Crippen molar-refractivity contribution in [3.8, 4) is 5.75 Å². The van der Waals surface area contributed by atoms with E-state index in [2.05, 4.69) is 10.1 Å². The molecular weight excluding hydrogens is 248 g/mol. The molecule has 2 amide bonds. The molecule has 104 valence electrons. The smallest absolute Gasteiger partial charge is 0.409 e. The zero-order valence-corrected chi connectivity index (χ0v) is 11.2. The van der Waals surface area contributed by atoms with Crippen LogP contribution in [0.4, 0.5) is 9.59 Å². The first-order valence-electron chi connectivity index (χ1n) is 5.79. The lowest BCUT2D eigenvalue weighted by Crippen LogP contribution is -2.32. The number of carbonyl (C=O) groups is 2. The minimum absolute atomic E-state index is 0.325. The van der Waals surface area contributed by atoms with Gasteiger partial charge >= 0.3 is 12.2 Å². The van der Waals surface area contributed by atoms with Gasteiger partial charge < -0.3 is 20.5 Å². The van der Waals surface area contributed by atoms with Gasteiger partial charge in [0.2, 0.25) is 0 Å². The van der Waals surface area contributed by atoms with E-state index in [0.29, 0.717) is 12.3 Å². The fraction of sp³-hybridized carbons (Fsp3) is 0.385. The van der Waals surface area contributed by atoms with Crippen molar-refractivity contribution in [2.75, 3.05) is 0 Å². The number of hydrogen-bond acceptors (Lipinski definition) is 4. The molecule has 0 aliphatic heterocycles.